The number of rotatable bonds is 9. The summed E-state index contributed by atoms with van der Waals surface area (Å²) >= 11 is 2.59. The van der Waals surface area contributed by atoms with Crippen LogP contribution in [0, 0.1) is 0 Å². The van der Waals surface area contributed by atoms with Crippen LogP contribution in [0.25, 0.3) is 0 Å². The van der Waals surface area contributed by atoms with Crippen molar-refractivity contribution in [1.82, 2.24) is 15.5 Å². The maximum atomic E-state index is 12.8. The minimum atomic E-state index is -0.617. The lowest BCUT2D eigenvalue weighted by Crippen LogP contribution is -2.31. The van der Waals surface area contributed by atoms with E-state index in [1.54, 1.807) is 13.8 Å². The van der Waals surface area contributed by atoms with Gasteiger partial charge in [0.2, 0.25) is 11.0 Å². The van der Waals surface area contributed by atoms with E-state index in [1.165, 1.54) is 23.1 Å². The van der Waals surface area contributed by atoms with Crippen LogP contribution in [-0.2, 0) is 20.7 Å². The monoisotopic (exact) mass is 489 g/mol. The Morgan fingerprint density at radius 2 is 1.97 bits per heavy atom. The van der Waals surface area contributed by atoms with Crippen molar-refractivity contribution in [1.29, 1.82) is 0 Å². The Hall–Kier alpha value is -2.92. The normalized spacial score (nSPS) is 15.5. The van der Waals surface area contributed by atoms with Gasteiger partial charge < -0.3 is 14.8 Å². The first-order valence-corrected chi connectivity index (χ1v) is 12.5. The number of aliphatic imine (C=N–C) groups is 1. The Kier molecular flexibility index (Phi) is 8.84. The summed E-state index contributed by atoms with van der Waals surface area (Å²) in [6, 6.07) is 6.86. The molecular weight excluding hydrogens is 462 g/mol. The van der Waals surface area contributed by atoms with Crippen LogP contribution in [0.15, 0.2) is 40.5 Å². The number of aromatic nitrogens is 2. The first kappa shape index (κ1) is 24.7. The van der Waals surface area contributed by atoms with Crippen molar-refractivity contribution in [2.45, 2.75) is 40.2 Å². The largest absolute Gasteiger partial charge is 0.494 e. The van der Waals surface area contributed by atoms with Gasteiger partial charge in [0.05, 0.1) is 24.5 Å². The Morgan fingerprint density at radius 1 is 1.18 bits per heavy atom. The first-order valence-electron chi connectivity index (χ1n) is 10.7. The molecule has 1 aromatic carbocycles. The molecule has 0 saturated carbocycles. The zero-order valence-corrected chi connectivity index (χ0v) is 20.6. The Bertz CT molecular complexity index is 1070. The van der Waals surface area contributed by atoms with Gasteiger partial charge in [-0.3, -0.25) is 10.1 Å². The highest BCUT2D eigenvalue weighted by atomic mass is 32.2. The van der Waals surface area contributed by atoms with Crippen LogP contribution in [0.3, 0.4) is 0 Å². The lowest BCUT2D eigenvalue weighted by molar-refractivity contribution is -0.139. The van der Waals surface area contributed by atoms with Crippen LogP contribution in [0.5, 0.6) is 5.75 Å². The van der Waals surface area contributed by atoms with Gasteiger partial charge in [-0.2, -0.15) is 0 Å². The number of hydrogen-bond acceptors (Lipinski definition) is 10. The van der Waals surface area contributed by atoms with E-state index in [2.05, 4.69) is 20.8 Å². The van der Waals surface area contributed by atoms with Crippen molar-refractivity contribution < 1.29 is 19.1 Å². The van der Waals surface area contributed by atoms with Crippen molar-refractivity contribution in [3.63, 3.8) is 0 Å². The van der Waals surface area contributed by atoms with Crippen molar-refractivity contribution in [2.24, 2.45) is 4.99 Å². The predicted octanol–water partition coefficient (Wildman–Crippen LogP) is 3.71. The number of thioether (sulfide) groups is 1. The van der Waals surface area contributed by atoms with Crippen LogP contribution in [-0.4, -0.2) is 46.2 Å². The number of hydrogen-bond donors (Lipinski definition) is 2. The fourth-order valence-electron chi connectivity index (χ4n) is 3.15. The molecule has 9 nitrogen and oxygen atoms in total. The van der Waals surface area contributed by atoms with Gasteiger partial charge in [0, 0.05) is 11.3 Å². The molecule has 1 aromatic heterocycles. The second-order valence-corrected chi connectivity index (χ2v) is 8.91. The molecule has 33 heavy (non-hydrogen) atoms. The van der Waals surface area contributed by atoms with Crippen molar-refractivity contribution in [3.05, 3.63) is 46.1 Å². The molecule has 176 valence electrons. The molecule has 2 N–H and O–H groups in total. The Labute approximate surface area is 201 Å². The van der Waals surface area contributed by atoms with Crippen molar-refractivity contribution in [3.8, 4) is 5.75 Å². The first-order chi connectivity index (χ1) is 16.0. The van der Waals surface area contributed by atoms with Gasteiger partial charge >= 0.3 is 5.97 Å². The zero-order chi connectivity index (χ0) is 23.8. The van der Waals surface area contributed by atoms with Crippen LogP contribution >= 0.6 is 23.1 Å². The zero-order valence-electron chi connectivity index (χ0n) is 19.0. The summed E-state index contributed by atoms with van der Waals surface area (Å²) in [5.74, 6) is 0.115. The van der Waals surface area contributed by atoms with E-state index in [4.69, 9.17) is 14.5 Å². The van der Waals surface area contributed by atoms with Gasteiger partial charge in [0.1, 0.15) is 16.8 Å². The average Bonchev–Trinajstić information content (AvgIpc) is 3.25. The van der Waals surface area contributed by atoms with E-state index in [0.717, 1.165) is 17.0 Å². The number of esters is 1. The molecule has 0 fully saturated rings. The molecule has 11 heteroatoms. The van der Waals surface area contributed by atoms with Gasteiger partial charge in [0.25, 0.3) is 0 Å². The fraction of sp³-hybridized carbons (Fsp3) is 0.409. The summed E-state index contributed by atoms with van der Waals surface area (Å²) < 4.78 is 11.1. The number of amides is 1. The molecule has 2 aromatic rings. The number of nitrogens with one attached hydrogen (secondary N) is 2. The fourth-order valence-corrected chi connectivity index (χ4v) is 4.59. The van der Waals surface area contributed by atoms with Crippen LogP contribution < -0.4 is 15.4 Å². The number of carbonyl (C=O) groups is 2. The topological polar surface area (TPSA) is 115 Å². The third-order valence-electron chi connectivity index (χ3n) is 4.58. The molecular formula is C22H27N5O4S2. The highest BCUT2D eigenvalue weighted by Gasteiger charge is 2.32. The number of nitrogens with zero attached hydrogens (tertiary/aromatic N) is 3. The molecule has 0 radical (unpaired) electrons. The number of aryl methyl sites for hydroxylation is 1. The standard InChI is InChI=1S/C22H27N5O4S2/c1-5-17-26-27-22(33-17)24-16(28)12-32-21-23-13(4)18(20(29)31-7-3)19(25-21)14-10-8-9-11-15(14)30-6-2/h8-11,19H,5-7,12H2,1-4H3,(H,23,25)(H,24,27,28)/t19-/m1/s1. The number of carbonyl (C=O) groups excluding carboxylic acids is 2. The molecule has 2 heterocycles. The summed E-state index contributed by atoms with van der Waals surface area (Å²) in [7, 11) is 0. The quantitative estimate of drug-likeness (QED) is 0.512. The number of ether oxygens (including phenoxy) is 2. The molecule has 1 amide bonds. The molecule has 0 spiro atoms. The molecule has 1 aliphatic heterocycles. The molecule has 0 bridgehead atoms. The molecule has 0 unspecified atom stereocenters. The molecule has 0 saturated heterocycles. The van der Waals surface area contributed by atoms with Gasteiger partial charge in [-0.25, -0.2) is 9.79 Å². The summed E-state index contributed by atoms with van der Waals surface area (Å²) in [4.78, 5) is 29.9. The van der Waals surface area contributed by atoms with Crippen molar-refractivity contribution in [2.75, 3.05) is 24.3 Å². The Balaban J connectivity index is 1.81. The molecule has 1 atom stereocenters. The van der Waals surface area contributed by atoms with Crippen LogP contribution in [0.2, 0.25) is 0 Å². The maximum absolute atomic E-state index is 12.8. The second kappa shape index (κ2) is 11.8. The number of amidine groups is 1. The number of allylic oxidation sites excluding steroid dienone is 1. The summed E-state index contributed by atoms with van der Waals surface area (Å²) in [5, 5.41) is 15.7. The maximum Gasteiger partial charge on any atom is 0.338 e. The molecule has 3 rings (SSSR count). The molecule has 1 aliphatic rings. The number of para-hydroxylation sites is 1. The van der Waals surface area contributed by atoms with E-state index in [1.807, 2.05) is 38.1 Å². The smallest absolute Gasteiger partial charge is 0.338 e. The van der Waals surface area contributed by atoms with Crippen LogP contribution in [0.4, 0.5) is 5.13 Å². The Morgan fingerprint density at radius 3 is 2.67 bits per heavy atom. The van der Waals surface area contributed by atoms with E-state index >= 15 is 0 Å². The van der Waals surface area contributed by atoms with Gasteiger partial charge in [-0.1, -0.05) is 48.2 Å². The van der Waals surface area contributed by atoms with E-state index in [0.29, 0.717) is 33.9 Å². The van der Waals surface area contributed by atoms with Crippen LogP contribution in [0.1, 0.15) is 44.3 Å². The summed E-state index contributed by atoms with van der Waals surface area (Å²) in [6.07, 6.45) is 0.766. The lowest BCUT2D eigenvalue weighted by atomic mass is 9.96. The summed E-state index contributed by atoms with van der Waals surface area (Å²) in [5.41, 5.74) is 1.80. The molecule has 0 aliphatic carbocycles. The third-order valence-corrected chi connectivity index (χ3v) is 6.45. The minimum Gasteiger partial charge on any atom is -0.494 e. The predicted molar refractivity (Wildman–Crippen MR) is 131 cm³/mol. The number of anilines is 1. The third kappa shape index (κ3) is 6.32. The minimum absolute atomic E-state index is 0.120. The highest BCUT2D eigenvalue weighted by molar-refractivity contribution is 8.14. The van der Waals surface area contributed by atoms with E-state index < -0.39 is 12.0 Å². The highest BCUT2D eigenvalue weighted by Crippen LogP contribution is 2.37. The lowest BCUT2D eigenvalue weighted by Gasteiger charge is -2.26. The van der Waals surface area contributed by atoms with Gasteiger partial charge in [-0.05, 0) is 33.3 Å². The number of benzene rings is 1. The van der Waals surface area contributed by atoms with Crippen molar-refractivity contribution >= 4 is 45.3 Å². The van der Waals surface area contributed by atoms with Gasteiger partial charge in [-0.15, -0.1) is 10.2 Å². The average molecular weight is 490 g/mol. The second-order valence-electron chi connectivity index (χ2n) is 6.88. The van der Waals surface area contributed by atoms with E-state index in [-0.39, 0.29) is 18.3 Å². The SMILES string of the molecule is CCOC(=O)C1=C(C)NC(SCC(=O)Nc2nnc(CC)s2)=N[C@@H]1c1ccccc1OCC. The summed E-state index contributed by atoms with van der Waals surface area (Å²) in [6.45, 7) is 8.18. The van der Waals surface area contributed by atoms with E-state index in [9.17, 15) is 9.59 Å². The van der Waals surface area contributed by atoms with Gasteiger partial charge in [0.15, 0.2) is 5.17 Å².